The van der Waals surface area contributed by atoms with Gasteiger partial charge in [-0.2, -0.15) is 4.58 Å². The molecule has 0 unspecified atom stereocenters. The Kier molecular flexibility index (Phi) is 7.36. The lowest BCUT2D eigenvalue weighted by molar-refractivity contribution is -2.00. The van der Waals surface area contributed by atoms with Crippen molar-refractivity contribution in [3.05, 3.63) is 109 Å². The van der Waals surface area contributed by atoms with E-state index in [4.69, 9.17) is 23.1 Å². The minimum absolute atomic E-state index is 0.802. The van der Waals surface area contributed by atoms with Crippen LogP contribution in [0.25, 0.3) is 22.5 Å². The summed E-state index contributed by atoms with van der Waals surface area (Å²) in [5, 5.41) is 0. The highest BCUT2D eigenvalue weighted by atomic mass is 35.7. The van der Waals surface area contributed by atoms with Crippen molar-refractivity contribution in [2.24, 2.45) is 0 Å². The summed E-state index contributed by atoms with van der Waals surface area (Å²) in [7, 11) is -2.92. The molecule has 4 aromatic rings. The molecule has 3 aromatic carbocycles. The van der Waals surface area contributed by atoms with E-state index in [9.17, 15) is 0 Å². The van der Waals surface area contributed by atoms with Crippen LogP contribution >= 0.6 is 0 Å². The van der Waals surface area contributed by atoms with Crippen molar-refractivity contribution < 1.29 is 33.3 Å². The maximum absolute atomic E-state index is 8.49. The smallest absolute Gasteiger partial charge is 0.374 e. The molecule has 0 saturated carbocycles. The molecule has 0 bridgehead atoms. The molecule has 0 saturated heterocycles. The topological polar surface area (TPSA) is 108 Å². The van der Waals surface area contributed by atoms with Gasteiger partial charge in [0.2, 0.25) is 5.69 Å². The number of hydrogen-bond acceptors (Lipinski definition) is 5. The van der Waals surface area contributed by atoms with E-state index >= 15 is 0 Å². The van der Waals surface area contributed by atoms with E-state index in [0.717, 1.165) is 28.1 Å². The molecule has 7 heteroatoms. The zero-order valence-electron chi connectivity index (χ0n) is 16.7. The van der Waals surface area contributed by atoms with Gasteiger partial charge in [0, 0.05) is 17.7 Å². The van der Waals surface area contributed by atoms with Crippen LogP contribution < -0.4 is 28.8 Å². The van der Waals surface area contributed by atoms with Crippen LogP contribution in [0.3, 0.4) is 0 Å². The highest BCUT2D eigenvalue weighted by molar-refractivity contribution is 5.69. The van der Waals surface area contributed by atoms with Crippen molar-refractivity contribution in [1.29, 1.82) is 0 Å². The summed E-state index contributed by atoms with van der Waals surface area (Å²) in [6.07, 6.45) is 0. The van der Waals surface area contributed by atoms with Gasteiger partial charge in [0.15, 0.2) is 0 Å². The lowest BCUT2D eigenvalue weighted by Gasteiger charge is -2.17. The molecule has 1 aromatic heterocycles. The predicted molar refractivity (Wildman–Crippen MR) is 107 cm³/mol. The molecule has 0 fully saturated rings. The largest absolute Gasteiger partial charge is 0.404 e. The summed E-state index contributed by atoms with van der Waals surface area (Å²) in [4.78, 5) is 0. The van der Waals surface area contributed by atoms with Crippen molar-refractivity contribution in [1.82, 2.24) is 4.58 Å². The molecule has 31 heavy (non-hydrogen) atoms. The zero-order chi connectivity index (χ0) is 22.3. The number of nitrogens with zero attached hydrogens (tertiary/aromatic N) is 1. The molecule has 0 spiro atoms. The number of benzene rings is 3. The second kappa shape index (κ2) is 10.2. The number of rotatable bonds is 3. The van der Waals surface area contributed by atoms with Crippen molar-refractivity contribution in [3.63, 3.8) is 0 Å². The second-order valence-corrected chi connectivity index (χ2v) is 7.31. The summed E-state index contributed by atoms with van der Waals surface area (Å²) >= 11 is 0. The monoisotopic (exact) mass is 437 g/mol. The number of halogens is 1. The average molecular weight is 438 g/mol. The Labute approximate surface area is 182 Å². The van der Waals surface area contributed by atoms with Gasteiger partial charge in [0.1, 0.15) is 12.8 Å². The van der Waals surface area contributed by atoms with E-state index in [1.54, 1.807) is 0 Å². The lowest BCUT2D eigenvalue weighted by atomic mass is 10.0. The molecule has 0 aliphatic heterocycles. The van der Waals surface area contributed by atoms with Gasteiger partial charge in [-0.3, -0.25) is 0 Å². The van der Waals surface area contributed by atoms with Crippen molar-refractivity contribution in [2.45, 2.75) is 0 Å². The first-order valence-electron chi connectivity index (χ1n) is 9.31. The van der Waals surface area contributed by atoms with Gasteiger partial charge in [-0.25, -0.2) is 18.6 Å². The minimum atomic E-state index is -4.94. The predicted octanol–water partition coefficient (Wildman–Crippen LogP) is 0.591. The Balaban J connectivity index is 0.000000491. The van der Waals surface area contributed by atoms with Gasteiger partial charge in [-0.15, -0.1) is 10.2 Å². The van der Waals surface area contributed by atoms with Crippen LogP contribution in [0.4, 0.5) is 5.69 Å². The SMILES string of the molecule is C[N+](c1ccccc1)=c1cc(-c2ccccc2)cc(-c2ccccc2)o1.[O-][Cl+3]([O-])([O-])[O-]. The maximum atomic E-state index is 8.49. The van der Waals surface area contributed by atoms with Crippen molar-refractivity contribution >= 4 is 5.69 Å². The van der Waals surface area contributed by atoms with Gasteiger partial charge in [-0.1, -0.05) is 78.9 Å². The quantitative estimate of drug-likeness (QED) is 0.436. The second-order valence-electron chi connectivity index (χ2n) is 6.55. The third-order valence-corrected chi connectivity index (χ3v) is 4.42. The summed E-state index contributed by atoms with van der Waals surface area (Å²) in [6, 6.07) is 35.0. The third-order valence-electron chi connectivity index (χ3n) is 4.42. The van der Waals surface area contributed by atoms with Crippen molar-refractivity contribution in [3.8, 4) is 22.5 Å². The molecule has 6 nitrogen and oxygen atoms in total. The molecule has 158 valence electrons. The Morgan fingerprint density at radius 1 is 0.613 bits per heavy atom. The average Bonchev–Trinajstić information content (AvgIpc) is 2.79. The fraction of sp³-hybridized carbons (Fsp3) is 0.0417. The molecule has 0 radical (unpaired) electrons. The highest BCUT2D eigenvalue weighted by Gasteiger charge is 2.11. The lowest BCUT2D eigenvalue weighted by Crippen LogP contribution is -2.68. The van der Waals surface area contributed by atoms with E-state index in [1.807, 2.05) is 49.5 Å². The maximum Gasteiger partial charge on any atom is 0.374 e. The van der Waals surface area contributed by atoms with Gasteiger partial charge < -0.3 is 4.42 Å². The van der Waals surface area contributed by atoms with Gasteiger partial charge in [-0.05, 0) is 17.2 Å². The molecule has 0 aliphatic rings. The molecule has 1 heterocycles. The van der Waals surface area contributed by atoms with Crippen LogP contribution in [0.2, 0.25) is 0 Å². The Morgan fingerprint density at radius 2 is 1.06 bits per heavy atom. The molecule has 0 amide bonds. The van der Waals surface area contributed by atoms with Crippen LogP contribution in [-0.4, -0.2) is 7.05 Å². The molecular weight excluding hydrogens is 418 g/mol. The van der Waals surface area contributed by atoms with Gasteiger partial charge in [0.25, 0.3) is 0 Å². The standard InChI is InChI=1S/C24H20NO.ClHO4/c1-25(22-15-9-4-10-16-22)24-18-21(19-11-5-2-6-12-19)17-23(26-24)20-13-7-3-8-14-20;2-1(3,4)5/h2-18H,1H3;(H,2,3,4,5)/q+1;/p-1. The summed E-state index contributed by atoms with van der Waals surface area (Å²) in [5.74, 6) is 0.852. The number of hydrogen-bond donors (Lipinski definition) is 0. The molecule has 0 aliphatic carbocycles. The summed E-state index contributed by atoms with van der Waals surface area (Å²) in [6.45, 7) is 0. The minimum Gasteiger partial charge on any atom is -0.404 e. The Hall–Kier alpha value is -3.26. The van der Waals surface area contributed by atoms with Gasteiger partial charge in [0.05, 0.1) is 6.07 Å². The highest BCUT2D eigenvalue weighted by Crippen LogP contribution is 2.24. The normalized spacial score (nSPS) is 11.9. The summed E-state index contributed by atoms with van der Waals surface area (Å²) < 4.78 is 42.3. The first kappa shape index (κ1) is 22.4. The Morgan fingerprint density at radius 3 is 1.58 bits per heavy atom. The fourth-order valence-corrected chi connectivity index (χ4v) is 2.97. The molecule has 4 rings (SSSR count). The van der Waals surface area contributed by atoms with Crippen LogP contribution in [0.5, 0.6) is 0 Å². The first-order valence-corrected chi connectivity index (χ1v) is 10.5. The first-order chi connectivity index (χ1) is 14.8. The van der Waals surface area contributed by atoms with E-state index < -0.39 is 10.2 Å². The van der Waals surface area contributed by atoms with Gasteiger partial charge >= 0.3 is 5.55 Å². The molecule has 0 atom stereocenters. The third kappa shape index (κ3) is 6.89. The zero-order valence-corrected chi connectivity index (χ0v) is 17.4. The molecular formula is C24H20ClNO5. The molecule has 0 N–H and O–H groups in total. The summed E-state index contributed by atoms with van der Waals surface area (Å²) in [5.41, 5.74) is 5.25. The number of para-hydroxylation sites is 1. The fourth-order valence-electron chi connectivity index (χ4n) is 2.97. The van der Waals surface area contributed by atoms with Crippen molar-refractivity contribution in [2.75, 3.05) is 7.05 Å². The van der Waals surface area contributed by atoms with E-state index in [1.165, 1.54) is 5.56 Å². The van der Waals surface area contributed by atoms with Crippen LogP contribution in [-0.2, 0) is 0 Å². The Bertz CT molecular complexity index is 1100. The van der Waals surface area contributed by atoms with Crippen LogP contribution in [0.1, 0.15) is 0 Å². The van der Waals surface area contributed by atoms with E-state index in [-0.39, 0.29) is 0 Å². The van der Waals surface area contributed by atoms with E-state index in [2.05, 4.69) is 65.2 Å². The van der Waals surface area contributed by atoms with Crippen LogP contribution in [0, 0.1) is 10.2 Å². The van der Waals surface area contributed by atoms with E-state index in [0.29, 0.717) is 0 Å². The van der Waals surface area contributed by atoms with Crippen LogP contribution in [0.15, 0.2) is 108 Å².